The van der Waals surface area contributed by atoms with Crippen LogP contribution in [0.25, 0.3) is 0 Å². The van der Waals surface area contributed by atoms with Crippen molar-refractivity contribution in [3.05, 3.63) is 89.4 Å². The number of hydrazine groups is 1. The predicted molar refractivity (Wildman–Crippen MR) is 122 cm³/mol. The van der Waals surface area contributed by atoms with E-state index in [2.05, 4.69) is 36.5 Å². The Morgan fingerprint density at radius 2 is 1.62 bits per heavy atom. The van der Waals surface area contributed by atoms with Crippen LogP contribution in [0, 0.1) is 0 Å². The van der Waals surface area contributed by atoms with E-state index in [1.165, 1.54) is 6.07 Å². The summed E-state index contributed by atoms with van der Waals surface area (Å²) in [5, 5.41) is 0. The summed E-state index contributed by atoms with van der Waals surface area (Å²) in [4.78, 5) is 27.0. The maximum atomic E-state index is 12.4. The molecule has 1 aromatic heterocycles. The van der Waals surface area contributed by atoms with Gasteiger partial charge in [-0.3, -0.25) is 25.3 Å². The quantitative estimate of drug-likeness (QED) is 0.493. The molecule has 3 aromatic rings. The van der Waals surface area contributed by atoms with Crippen molar-refractivity contribution >= 4 is 11.8 Å². The smallest absolute Gasteiger partial charge is 0.305 e. The van der Waals surface area contributed by atoms with Gasteiger partial charge in [0.25, 0.3) is 5.91 Å². The van der Waals surface area contributed by atoms with Crippen LogP contribution in [0.2, 0.25) is 0 Å². The summed E-state index contributed by atoms with van der Waals surface area (Å²) in [6.45, 7) is 8.42. The highest BCUT2D eigenvalue weighted by Gasteiger charge is 2.14. The Labute approximate surface area is 188 Å². The molecule has 168 valence electrons. The van der Waals surface area contributed by atoms with Gasteiger partial charge in [-0.15, -0.1) is 0 Å². The summed E-state index contributed by atoms with van der Waals surface area (Å²) in [5.41, 5.74) is 6.37. The average Bonchev–Trinajstić information content (AvgIpc) is 3.29. The zero-order valence-corrected chi connectivity index (χ0v) is 18.6. The average molecular weight is 436 g/mol. The normalized spacial score (nSPS) is 10.9. The number of benzene rings is 2. The molecule has 1 heterocycles. The molecule has 0 aliphatic heterocycles. The Morgan fingerprint density at radius 1 is 0.938 bits per heavy atom. The standard InChI is InChI=1S/C25H29N3O4/c1-4-28(18(2)3)16-19-10-12-20(13-11-19)24(29)26-27-25(30)23-15-14-22(32-23)17-31-21-8-6-5-7-9-21/h5-15,18H,4,16-17H2,1-3H3,(H,26,29)(H,27,30). The lowest BCUT2D eigenvalue weighted by atomic mass is 10.1. The molecule has 0 saturated carbocycles. The van der Waals surface area contributed by atoms with Gasteiger partial charge in [0.05, 0.1) is 0 Å². The SMILES string of the molecule is CCN(Cc1ccc(C(=O)NNC(=O)c2ccc(COc3ccccc3)o2)cc1)C(C)C. The van der Waals surface area contributed by atoms with Crippen molar-refractivity contribution in [3.8, 4) is 5.75 Å². The van der Waals surface area contributed by atoms with Crippen molar-refractivity contribution in [2.75, 3.05) is 6.54 Å². The first kappa shape index (κ1) is 23.1. The maximum absolute atomic E-state index is 12.4. The van der Waals surface area contributed by atoms with E-state index in [9.17, 15) is 9.59 Å². The van der Waals surface area contributed by atoms with Crippen LogP contribution in [0.1, 0.15) is 53.0 Å². The number of nitrogens with zero attached hydrogens (tertiary/aromatic N) is 1. The van der Waals surface area contributed by atoms with Crippen molar-refractivity contribution in [3.63, 3.8) is 0 Å². The van der Waals surface area contributed by atoms with Crippen LogP contribution in [0.3, 0.4) is 0 Å². The summed E-state index contributed by atoms with van der Waals surface area (Å²) in [5.74, 6) is 0.348. The van der Waals surface area contributed by atoms with Crippen LogP contribution in [0.15, 0.2) is 71.1 Å². The second-order valence-electron chi connectivity index (χ2n) is 7.63. The molecule has 0 radical (unpaired) electrons. The zero-order valence-electron chi connectivity index (χ0n) is 18.6. The lowest BCUT2D eigenvalue weighted by molar-refractivity contribution is 0.0828. The number of carbonyl (C=O) groups excluding carboxylic acids is 2. The molecule has 0 aliphatic carbocycles. The van der Waals surface area contributed by atoms with E-state index < -0.39 is 11.8 Å². The molecular formula is C25H29N3O4. The molecule has 2 amide bonds. The topological polar surface area (TPSA) is 83.8 Å². The van der Waals surface area contributed by atoms with Crippen molar-refractivity contribution in [2.45, 2.75) is 40.0 Å². The fraction of sp³-hybridized carbons (Fsp3) is 0.280. The van der Waals surface area contributed by atoms with Gasteiger partial charge in [-0.2, -0.15) is 0 Å². The lowest BCUT2D eigenvalue weighted by Crippen LogP contribution is -2.41. The predicted octanol–water partition coefficient (Wildman–Crippen LogP) is 4.16. The number of rotatable bonds is 9. The van der Waals surface area contributed by atoms with E-state index >= 15 is 0 Å². The Morgan fingerprint density at radius 3 is 2.28 bits per heavy atom. The van der Waals surface area contributed by atoms with Crippen molar-refractivity contribution < 1.29 is 18.7 Å². The van der Waals surface area contributed by atoms with Gasteiger partial charge in [-0.25, -0.2) is 0 Å². The highest BCUT2D eigenvalue weighted by atomic mass is 16.5. The number of amides is 2. The number of furan rings is 1. The Balaban J connectivity index is 1.48. The van der Waals surface area contributed by atoms with Crippen LogP contribution in [-0.4, -0.2) is 29.3 Å². The van der Waals surface area contributed by atoms with E-state index in [1.54, 1.807) is 18.2 Å². The largest absolute Gasteiger partial charge is 0.486 e. The molecule has 0 saturated heterocycles. The number of para-hydroxylation sites is 1. The molecule has 0 spiro atoms. The highest BCUT2D eigenvalue weighted by molar-refractivity contribution is 5.97. The van der Waals surface area contributed by atoms with Crippen LogP contribution < -0.4 is 15.6 Å². The summed E-state index contributed by atoms with van der Waals surface area (Å²) < 4.78 is 11.1. The van der Waals surface area contributed by atoms with Gasteiger partial charge in [0.1, 0.15) is 18.1 Å². The van der Waals surface area contributed by atoms with Crippen molar-refractivity contribution in [1.82, 2.24) is 15.8 Å². The summed E-state index contributed by atoms with van der Waals surface area (Å²) in [6.07, 6.45) is 0. The molecule has 0 fully saturated rings. The molecule has 0 unspecified atom stereocenters. The van der Waals surface area contributed by atoms with Gasteiger partial charge in [0.15, 0.2) is 5.76 Å². The lowest BCUT2D eigenvalue weighted by Gasteiger charge is -2.24. The van der Waals surface area contributed by atoms with Crippen LogP contribution in [0.4, 0.5) is 0 Å². The van der Waals surface area contributed by atoms with Gasteiger partial charge >= 0.3 is 5.91 Å². The van der Waals surface area contributed by atoms with E-state index in [-0.39, 0.29) is 12.4 Å². The third kappa shape index (κ3) is 6.46. The van der Waals surface area contributed by atoms with E-state index in [1.807, 2.05) is 42.5 Å². The summed E-state index contributed by atoms with van der Waals surface area (Å²) in [6, 6.07) is 20.3. The molecule has 2 N–H and O–H groups in total. The van der Waals surface area contributed by atoms with E-state index in [4.69, 9.17) is 9.15 Å². The van der Waals surface area contributed by atoms with Gasteiger partial charge in [0, 0.05) is 18.2 Å². The molecule has 7 heteroatoms. The third-order valence-corrected chi connectivity index (χ3v) is 5.04. The van der Waals surface area contributed by atoms with Crippen LogP contribution in [0.5, 0.6) is 5.75 Å². The molecule has 3 rings (SSSR count). The minimum atomic E-state index is -0.545. The molecule has 2 aromatic carbocycles. The van der Waals surface area contributed by atoms with Gasteiger partial charge in [-0.1, -0.05) is 37.3 Å². The Bertz CT molecular complexity index is 1010. The maximum Gasteiger partial charge on any atom is 0.305 e. The molecule has 0 aliphatic rings. The van der Waals surface area contributed by atoms with Gasteiger partial charge < -0.3 is 9.15 Å². The first-order chi connectivity index (χ1) is 15.5. The van der Waals surface area contributed by atoms with Crippen molar-refractivity contribution in [2.24, 2.45) is 0 Å². The number of ether oxygens (including phenoxy) is 1. The van der Waals surface area contributed by atoms with E-state index in [0.717, 1.165) is 18.7 Å². The summed E-state index contributed by atoms with van der Waals surface area (Å²) >= 11 is 0. The molecule has 0 atom stereocenters. The zero-order chi connectivity index (χ0) is 22.9. The fourth-order valence-electron chi connectivity index (χ4n) is 3.15. The molecule has 32 heavy (non-hydrogen) atoms. The Hall–Kier alpha value is -3.58. The first-order valence-electron chi connectivity index (χ1n) is 10.7. The van der Waals surface area contributed by atoms with Gasteiger partial charge in [0.2, 0.25) is 0 Å². The minimum absolute atomic E-state index is 0.0839. The van der Waals surface area contributed by atoms with Gasteiger partial charge in [-0.05, 0) is 62.4 Å². The minimum Gasteiger partial charge on any atom is -0.486 e. The molecule has 7 nitrogen and oxygen atoms in total. The second-order valence-corrected chi connectivity index (χ2v) is 7.63. The number of carbonyl (C=O) groups is 2. The highest BCUT2D eigenvalue weighted by Crippen LogP contribution is 2.14. The molecular weight excluding hydrogens is 406 g/mol. The van der Waals surface area contributed by atoms with Crippen molar-refractivity contribution in [1.29, 1.82) is 0 Å². The van der Waals surface area contributed by atoms with Crippen LogP contribution >= 0.6 is 0 Å². The first-order valence-corrected chi connectivity index (χ1v) is 10.7. The fourth-order valence-corrected chi connectivity index (χ4v) is 3.15. The second kappa shape index (κ2) is 11.2. The molecule has 0 bridgehead atoms. The number of hydrogen-bond donors (Lipinski definition) is 2. The third-order valence-electron chi connectivity index (χ3n) is 5.04. The Kier molecular flexibility index (Phi) is 8.05. The van der Waals surface area contributed by atoms with E-state index in [0.29, 0.717) is 23.1 Å². The number of hydrogen-bond acceptors (Lipinski definition) is 5. The van der Waals surface area contributed by atoms with Crippen LogP contribution in [-0.2, 0) is 13.2 Å². The summed E-state index contributed by atoms with van der Waals surface area (Å²) in [7, 11) is 0. The monoisotopic (exact) mass is 435 g/mol. The number of nitrogens with one attached hydrogen (secondary N) is 2.